The zero-order valence-electron chi connectivity index (χ0n) is 14.6. The molecule has 7 heteroatoms. The fraction of sp³-hybridized carbons (Fsp3) is 0.368. The molecule has 4 rings (SSSR count). The zero-order valence-corrected chi connectivity index (χ0v) is 14.6. The second-order valence-electron chi connectivity index (χ2n) is 6.59. The molecule has 1 aliphatic rings. The van der Waals surface area contributed by atoms with E-state index < -0.39 is 0 Å². The van der Waals surface area contributed by atoms with Crippen LogP contribution in [0.5, 0.6) is 0 Å². The number of likely N-dealkylation sites (tertiary alicyclic amines) is 1. The Kier molecular flexibility index (Phi) is 4.77. The quantitative estimate of drug-likeness (QED) is 0.709. The van der Waals surface area contributed by atoms with Crippen molar-refractivity contribution in [2.45, 2.75) is 38.3 Å². The van der Waals surface area contributed by atoms with Crippen molar-refractivity contribution in [3.8, 4) is 5.69 Å². The maximum Gasteiger partial charge on any atom is 0.276 e. The lowest BCUT2D eigenvalue weighted by atomic mass is 9.99. The number of aryl methyl sites for hydroxylation is 1. The summed E-state index contributed by atoms with van der Waals surface area (Å²) in [6, 6.07) is 11.9. The molecule has 1 fully saturated rings. The lowest BCUT2D eigenvalue weighted by Crippen LogP contribution is -2.44. The highest BCUT2D eigenvalue weighted by atomic mass is 16.2. The van der Waals surface area contributed by atoms with Crippen molar-refractivity contribution in [1.82, 2.24) is 29.7 Å². The van der Waals surface area contributed by atoms with Gasteiger partial charge in [-0.15, -0.1) is 5.10 Å². The maximum atomic E-state index is 13.0. The fourth-order valence-electron chi connectivity index (χ4n) is 3.50. The predicted octanol–water partition coefficient (Wildman–Crippen LogP) is 2.55. The van der Waals surface area contributed by atoms with E-state index >= 15 is 0 Å². The largest absolute Gasteiger partial charge is 0.334 e. The van der Waals surface area contributed by atoms with Gasteiger partial charge < -0.3 is 4.90 Å². The third-order valence-corrected chi connectivity index (χ3v) is 4.87. The second-order valence-corrected chi connectivity index (χ2v) is 6.59. The van der Waals surface area contributed by atoms with Crippen LogP contribution in [-0.2, 0) is 6.54 Å². The fourth-order valence-corrected chi connectivity index (χ4v) is 3.50. The summed E-state index contributed by atoms with van der Waals surface area (Å²) in [5.74, 6) is -0.0302. The number of amides is 1. The molecule has 1 aromatic carbocycles. The highest BCUT2D eigenvalue weighted by Crippen LogP contribution is 2.22. The van der Waals surface area contributed by atoms with Crippen LogP contribution in [0.2, 0.25) is 0 Å². The minimum Gasteiger partial charge on any atom is -0.334 e. The second kappa shape index (κ2) is 7.51. The molecule has 1 amide bonds. The molecular weight excluding hydrogens is 328 g/mol. The van der Waals surface area contributed by atoms with E-state index in [1.54, 1.807) is 17.1 Å². The molecule has 0 aliphatic carbocycles. The van der Waals surface area contributed by atoms with Crippen molar-refractivity contribution in [3.63, 3.8) is 0 Å². The van der Waals surface area contributed by atoms with Crippen LogP contribution in [0.25, 0.3) is 5.69 Å². The molecule has 0 spiro atoms. The van der Waals surface area contributed by atoms with Gasteiger partial charge in [-0.05, 0) is 43.9 Å². The van der Waals surface area contributed by atoms with Gasteiger partial charge in [-0.3, -0.25) is 9.48 Å². The van der Waals surface area contributed by atoms with Crippen molar-refractivity contribution in [3.05, 3.63) is 60.7 Å². The summed E-state index contributed by atoms with van der Waals surface area (Å²) in [5, 5.41) is 12.5. The number of carbonyl (C=O) groups is 1. The zero-order chi connectivity index (χ0) is 17.8. The summed E-state index contributed by atoms with van der Waals surface area (Å²) < 4.78 is 3.57. The molecular formula is C19H22N6O. The van der Waals surface area contributed by atoms with Crippen LogP contribution in [0.1, 0.15) is 36.2 Å². The molecule has 1 aliphatic heterocycles. The summed E-state index contributed by atoms with van der Waals surface area (Å²) in [6.45, 7) is 1.60. The lowest BCUT2D eigenvalue weighted by Gasteiger charge is -2.35. The molecule has 0 N–H and O–H groups in total. The number of aromatic nitrogens is 5. The minimum absolute atomic E-state index is 0.0302. The van der Waals surface area contributed by atoms with E-state index in [2.05, 4.69) is 15.4 Å². The van der Waals surface area contributed by atoms with Gasteiger partial charge in [0, 0.05) is 31.5 Å². The number of rotatable bonds is 5. The average molecular weight is 350 g/mol. The van der Waals surface area contributed by atoms with Crippen LogP contribution < -0.4 is 0 Å². The van der Waals surface area contributed by atoms with Gasteiger partial charge in [0.15, 0.2) is 5.69 Å². The molecule has 134 valence electrons. The molecule has 1 atom stereocenters. The standard InChI is InChI=1S/C19H22N6O/c26-19(18-15-25(22-21-18)17-8-2-1-3-9-17)24-13-5-4-7-16(24)10-14-23-12-6-11-20-23/h1-3,6,8-9,11-12,15-16H,4-5,7,10,13-14H2/t16-/m0/s1. The van der Waals surface area contributed by atoms with E-state index in [1.807, 2.05) is 52.2 Å². The van der Waals surface area contributed by atoms with Crippen molar-refractivity contribution in [1.29, 1.82) is 0 Å². The van der Waals surface area contributed by atoms with Crippen LogP contribution in [0, 0.1) is 0 Å². The van der Waals surface area contributed by atoms with Crippen LogP contribution in [0.4, 0.5) is 0 Å². The highest BCUT2D eigenvalue weighted by Gasteiger charge is 2.29. The predicted molar refractivity (Wildman–Crippen MR) is 96.9 cm³/mol. The smallest absolute Gasteiger partial charge is 0.276 e. The van der Waals surface area contributed by atoms with Gasteiger partial charge in [-0.2, -0.15) is 5.10 Å². The number of benzene rings is 1. The Hall–Kier alpha value is -2.96. The lowest BCUT2D eigenvalue weighted by molar-refractivity contribution is 0.0588. The van der Waals surface area contributed by atoms with Gasteiger partial charge in [0.25, 0.3) is 5.91 Å². The van der Waals surface area contributed by atoms with E-state index in [0.29, 0.717) is 5.69 Å². The van der Waals surface area contributed by atoms with Gasteiger partial charge in [0.1, 0.15) is 0 Å². The molecule has 3 heterocycles. The number of nitrogens with zero attached hydrogens (tertiary/aromatic N) is 6. The van der Waals surface area contributed by atoms with Crippen molar-refractivity contribution in [2.75, 3.05) is 6.54 Å². The maximum absolute atomic E-state index is 13.0. The SMILES string of the molecule is O=C(c1cn(-c2ccccc2)nn1)N1CCCC[C@H]1CCn1cccn1. The van der Waals surface area contributed by atoms with E-state index in [1.165, 1.54) is 0 Å². The Labute approximate surface area is 152 Å². The number of piperidine rings is 1. The Morgan fingerprint density at radius 1 is 1.15 bits per heavy atom. The Bertz CT molecular complexity index is 842. The molecule has 26 heavy (non-hydrogen) atoms. The minimum atomic E-state index is -0.0302. The molecule has 1 saturated heterocycles. The first-order chi connectivity index (χ1) is 12.8. The summed E-state index contributed by atoms with van der Waals surface area (Å²) >= 11 is 0. The first-order valence-electron chi connectivity index (χ1n) is 9.07. The van der Waals surface area contributed by atoms with E-state index in [-0.39, 0.29) is 11.9 Å². The summed E-state index contributed by atoms with van der Waals surface area (Å²) in [4.78, 5) is 15.0. The third kappa shape index (κ3) is 3.51. The first-order valence-corrected chi connectivity index (χ1v) is 9.07. The molecule has 0 bridgehead atoms. The summed E-state index contributed by atoms with van der Waals surface area (Å²) in [7, 11) is 0. The van der Waals surface area contributed by atoms with Gasteiger partial charge in [-0.1, -0.05) is 23.4 Å². The van der Waals surface area contributed by atoms with Crippen molar-refractivity contribution < 1.29 is 4.79 Å². The van der Waals surface area contributed by atoms with Crippen LogP contribution in [0.3, 0.4) is 0 Å². The highest BCUT2D eigenvalue weighted by molar-refractivity contribution is 5.92. The van der Waals surface area contributed by atoms with Gasteiger partial charge in [0.05, 0.1) is 11.9 Å². The first kappa shape index (κ1) is 16.5. The van der Waals surface area contributed by atoms with Crippen molar-refractivity contribution in [2.24, 2.45) is 0 Å². The molecule has 0 radical (unpaired) electrons. The molecule has 0 saturated carbocycles. The molecule has 0 unspecified atom stereocenters. The molecule has 7 nitrogen and oxygen atoms in total. The Morgan fingerprint density at radius 3 is 2.85 bits per heavy atom. The third-order valence-electron chi connectivity index (χ3n) is 4.87. The van der Waals surface area contributed by atoms with E-state index in [4.69, 9.17) is 0 Å². The van der Waals surface area contributed by atoms with Gasteiger partial charge in [-0.25, -0.2) is 4.68 Å². The van der Waals surface area contributed by atoms with Crippen LogP contribution in [-0.4, -0.2) is 48.2 Å². The van der Waals surface area contributed by atoms with E-state index in [9.17, 15) is 4.79 Å². The normalized spacial score (nSPS) is 17.4. The van der Waals surface area contributed by atoms with Gasteiger partial charge >= 0.3 is 0 Å². The Morgan fingerprint density at radius 2 is 2.04 bits per heavy atom. The van der Waals surface area contributed by atoms with Crippen LogP contribution in [0.15, 0.2) is 55.0 Å². The Balaban J connectivity index is 1.47. The van der Waals surface area contributed by atoms with E-state index in [0.717, 1.165) is 44.5 Å². The van der Waals surface area contributed by atoms with Crippen LogP contribution >= 0.6 is 0 Å². The summed E-state index contributed by atoms with van der Waals surface area (Å²) in [6.07, 6.45) is 9.59. The monoisotopic (exact) mass is 350 g/mol. The number of para-hydroxylation sites is 1. The molecule has 2 aromatic heterocycles. The number of hydrogen-bond acceptors (Lipinski definition) is 4. The van der Waals surface area contributed by atoms with Crippen molar-refractivity contribution >= 4 is 5.91 Å². The number of hydrogen-bond donors (Lipinski definition) is 0. The number of carbonyl (C=O) groups excluding carboxylic acids is 1. The molecule has 3 aromatic rings. The van der Waals surface area contributed by atoms with Gasteiger partial charge in [0.2, 0.25) is 0 Å². The topological polar surface area (TPSA) is 68.8 Å². The average Bonchev–Trinajstić information content (AvgIpc) is 3.39. The summed E-state index contributed by atoms with van der Waals surface area (Å²) in [5.41, 5.74) is 1.30.